The van der Waals surface area contributed by atoms with Gasteiger partial charge in [0.25, 0.3) is 0 Å². The Balaban J connectivity index is 4.64. The van der Waals surface area contributed by atoms with E-state index in [0.29, 0.717) is 26.2 Å². The first-order valence-electron chi connectivity index (χ1n) is 8.16. The molecule has 144 valence electrons. The first kappa shape index (κ1) is 24.5. The molecule has 0 saturated heterocycles. The number of halogens is 2. The largest absolute Gasteiger partial charge is 0.394 e. The molecule has 0 aromatic rings. The molecule has 0 aliphatic rings. The van der Waals surface area contributed by atoms with Crippen LogP contribution in [0, 0.1) is 0 Å². The molecule has 0 aromatic carbocycles. The van der Waals surface area contributed by atoms with Gasteiger partial charge in [0.2, 0.25) is 0 Å². The Morgan fingerprint density at radius 2 is 1.62 bits per heavy atom. The first-order valence-corrected chi connectivity index (χ1v) is 9.75. The molecule has 0 bridgehead atoms. The lowest BCUT2D eigenvalue weighted by Gasteiger charge is -2.38. The van der Waals surface area contributed by atoms with Crippen LogP contribution >= 0.6 is 31.9 Å². The molecule has 0 amide bonds. The molecule has 0 saturated carbocycles. The molecule has 0 fully saturated rings. The summed E-state index contributed by atoms with van der Waals surface area (Å²) in [5, 5.41) is 18.6. The summed E-state index contributed by atoms with van der Waals surface area (Å²) in [6.07, 6.45) is -0.639. The second-order valence-electron chi connectivity index (χ2n) is 6.90. The number of rotatable bonds is 12. The van der Waals surface area contributed by atoms with Gasteiger partial charge in [-0.3, -0.25) is 0 Å². The minimum absolute atomic E-state index is 0.204. The van der Waals surface area contributed by atoms with Crippen LogP contribution in [-0.4, -0.2) is 60.1 Å². The average molecular weight is 476 g/mol. The van der Waals surface area contributed by atoms with E-state index in [1.54, 1.807) is 0 Å². The third-order valence-corrected chi connectivity index (χ3v) is 5.66. The third kappa shape index (κ3) is 9.85. The van der Waals surface area contributed by atoms with Crippen LogP contribution < -0.4 is 0 Å². The van der Waals surface area contributed by atoms with E-state index >= 15 is 0 Å². The Bertz CT molecular complexity index is 396. The van der Waals surface area contributed by atoms with Gasteiger partial charge in [0.1, 0.15) is 0 Å². The van der Waals surface area contributed by atoms with E-state index in [1.807, 2.05) is 41.5 Å². The van der Waals surface area contributed by atoms with Crippen molar-refractivity contribution in [3.63, 3.8) is 0 Å². The Kier molecular flexibility index (Phi) is 11.5. The molecule has 0 aliphatic heterocycles. The van der Waals surface area contributed by atoms with Gasteiger partial charge in [-0.2, -0.15) is 0 Å². The number of ether oxygens (including phenoxy) is 3. The summed E-state index contributed by atoms with van der Waals surface area (Å²) in [6.45, 7) is 12.9. The Hall–Kier alpha value is 0.500. The minimum atomic E-state index is -0.789. The van der Waals surface area contributed by atoms with Gasteiger partial charge in [0, 0.05) is 22.0 Å². The van der Waals surface area contributed by atoms with Crippen LogP contribution in [0.4, 0.5) is 0 Å². The van der Waals surface area contributed by atoms with Crippen molar-refractivity contribution < 1.29 is 24.4 Å². The maximum atomic E-state index is 9.63. The number of hydrogen-bond donors (Lipinski definition) is 2. The molecule has 24 heavy (non-hydrogen) atoms. The summed E-state index contributed by atoms with van der Waals surface area (Å²) in [5.41, 5.74) is -1.09. The summed E-state index contributed by atoms with van der Waals surface area (Å²) >= 11 is 6.98. The van der Waals surface area contributed by atoms with Crippen molar-refractivity contribution in [2.45, 2.75) is 71.4 Å². The summed E-state index contributed by atoms with van der Waals surface area (Å²) in [6, 6.07) is 0. The van der Waals surface area contributed by atoms with Gasteiger partial charge in [0.05, 0.1) is 43.2 Å². The Morgan fingerprint density at radius 1 is 1.08 bits per heavy atom. The Labute approximate surface area is 163 Å². The molecule has 2 unspecified atom stereocenters. The molecule has 2 atom stereocenters. The van der Waals surface area contributed by atoms with Gasteiger partial charge in [-0.15, -0.1) is 0 Å². The zero-order chi connectivity index (χ0) is 19.0. The maximum absolute atomic E-state index is 9.63. The van der Waals surface area contributed by atoms with Crippen LogP contribution in [0.25, 0.3) is 0 Å². The predicted molar refractivity (Wildman–Crippen MR) is 104 cm³/mol. The minimum Gasteiger partial charge on any atom is -0.394 e. The number of hydrogen-bond acceptors (Lipinski definition) is 5. The van der Waals surface area contributed by atoms with Gasteiger partial charge < -0.3 is 24.4 Å². The van der Waals surface area contributed by atoms with E-state index in [2.05, 4.69) is 31.9 Å². The summed E-state index contributed by atoms with van der Waals surface area (Å²) in [5.74, 6) is 0. The van der Waals surface area contributed by atoms with Crippen molar-refractivity contribution in [2.24, 2.45) is 0 Å². The van der Waals surface area contributed by atoms with Crippen molar-refractivity contribution in [2.75, 3.05) is 26.4 Å². The molecular formula is C17H32Br2O5. The zero-order valence-corrected chi connectivity index (χ0v) is 18.7. The van der Waals surface area contributed by atoms with Crippen LogP contribution in [0.2, 0.25) is 0 Å². The van der Waals surface area contributed by atoms with Gasteiger partial charge in [-0.1, -0.05) is 31.9 Å². The van der Waals surface area contributed by atoms with Crippen molar-refractivity contribution in [3.8, 4) is 0 Å². The summed E-state index contributed by atoms with van der Waals surface area (Å²) in [4.78, 5) is 0. The highest BCUT2D eigenvalue weighted by atomic mass is 79.9. The molecule has 7 heteroatoms. The quantitative estimate of drug-likeness (QED) is 0.450. The second kappa shape index (κ2) is 11.3. The molecule has 0 spiro atoms. The lowest BCUT2D eigenvalue weighted by atomic mass is 9.97. The lowest BCUT2D eigenvalue weighted by Crippen LogP contribution is -2.45. The number of aliphatic hydroxyl groups is 2. The van der Waals surface area contributed by atoms with Crippen molar-refractivity contribution in [1.82, 2.24) is 0 Å². The van der Waals surface area contributed by atoms with E-state index in [9.17, 15) is 5.11 Å². The summed E-state index contributed by atoms with van der Waals surface area (Å²) in [7, 11) is 0. The van der Waals surface area contributed by atoms with Crippen molar-refractivity contribution in [1.29, 1.82) is 0 Å². The van der Waals surface area contributed by atoms with Crippen molar-refractivity contribution >= 4 is 31.9 Å². The van der Waals surface area contributed by atoms with E-state index in [4.69, 9.17) is 19.3 Å². The third-order valence-electron chi connectivity index (χ3n) is 3.71. The maximum Gasteiger partial charge on any atom is 0.0889 e. The predicted octanol–water partition coefficient (Wildman–Crippen LogP) is 3.75. The molecule has 5 nitrogen and oxygen atoms in total. The highest BCUT2D eigenvalue weighted by Crippen LogP contribution is 2.28. The van der Waals surface area contributed by atoms with Crippen molar-refractivity contribution in [3.05, 3.63) is 8.96 Å². The molecule has 0 radical (unpaired) electrons. The van der Waals surface area contributed by atoms with Crippen LogP contribution in [0.1, 0.15) is 48.0 Å². The van der Waals surface area contributed by atoms with Crippen LogP contribution in [0.3, 0.4) is 0 Å². The smallest absolute Gasteiger partial charge is 0.0889 e. The van der Waals surface area contributed by atoms with Gasteiger partial charge in [-0.05, 0) is 41.5 Å². The zero-order valence-electron chi connectivity index (χ0n) is 15.6. The molecule has 0 heterocycles. The standard InChI is InChI=1S/C17H32Br2O5/c1-7-22-10-14(18)15(19)11-23-17(5,6)12(2)24-16(3,4)8-13(21)9-20/h12-13,20-21H,7-11H2,1-6H3/b15-14+. The van der Waals surface area contributed by atoms with Crippen LogP contribution in [0.15, 0.2) is 8.96 Å². The lowest BCUT2D eigenvalue weighted by molar-refractivity contribution is -0.171. The molecule has 0 aromatic heterocycles. The van der Waals surface area contributed by atoms with Crippen LogP contribution in [-0.2, 0) is 14.2 Å². The van der Waals surface area contributed by atoms with Gasteiger partial charge >= 0.3 is 0 Å². The molecule has 0 rings (SSSR count). The number of aliphatic hydroxyl groups excluding tert-OH is 2. The van der Waals surface area contributed by atoms with Gasteiger partial charge in [0.15, 0.2) is 0 Å². The van der Waals surface area contributed by atoms with E-state index in [0.717, 1.165) is 8.96 Å². The fraction of sp³-hybridized carbons (Fsp3) is 0.882. The summed E-state index contributed by atoms with van der Waals surface area (Å²) < 4.78 is 19.2. The van der Waals surface area contributed by atoms with E-state index in [-0.39, 0.29) is 12.7 Å². The highest BCUT2D eigenvalue weighted by molar-refractivity contribution is 9.14. The average Bonchev–Trinajstić information content (AvgIpc) is 2.48. The molecule has 0 aliphatic carbocycles. The Morgan fingerprint density at radius 3 is 2.12 bits per heavy atom. The monoisotopic (exact) mass is 474 g/mol. The molecule has 2 N–H and O–H groups in total. The van der Waals surface area contributed by atoms with E-state index < -0.39 is 17.3 Å². The highest BCUT2D eigenvalue weighted by Gasteiger charge is 2.34. The fourth-order valence-electron chi connectivity index (χ4n) is 2.02. The SMILES string of the molecule is CCOC/C(Br)=C(\Br)COC(C)(C)C(C)OC(C)(C)CC(O)CO. The normalized spacial score (nSPS) is 16.8. The molecular weight excluding hydrogens is 444 g/mol. The van der Waals surface area contributed by atoms with E-state index in [1.165, 1.54) is 0 Å². The topological polar surface area (TPSA) is 68.2 Å². The second-order valence-corrected chi connectivity index (χ2v) is 8.81. The first-order chi connectivity index (χ1) is 10.9. The van der Waals surface area contributed by atoms with Gasteiger partial charge in [-0.25, -0.2) is 0 Å². The van der Waals surface area contributed by atoms with Crippen LogP contribution in [0.5, 0.6) is 0 Å². The fourth-order valence-corrected chi connectivity index (χ4v) is 2.52.